The van der Waals surface area contributed by atoms with E-state index in [1.165, 1.54) is 34.1 Å². The fraction of sp³-hybridized carbons (Fsp3) is 0.125. The largest absolute Gasteiger partial charge is 0.458 e. The quantitative estimate of drug-likeness (QED) is 0.243. The molecule has 0 spiro atoms. The van der Waals surface area contributed by atoms with Crippen molar-refractivity contribution >= 4 is 29.1 Å². The molecule has 0 radical (unpaired) electrons. The number of carbonyl (C=O) groups is 1. The summed E-state index contributed by atoms with van der Waals surface area (Å²) in [7, 11) is 0. The lowest BCUT2D eigenvalue weighted by molar-refractivity contribution is -0.384. The minimum absolute atomic E-state index is 0.0315. The highest BCUT2D eigenvalue weighted by Gasteiger charge is 2.33. The molecule has 3 aromatic rings. The van der Waals surface area contributed by atoms with Crippen LogP contribution in [0.2, 0.25) is 0 Å². The molecule has 0 saturated heterocycles. The predicted molar refractivity (Wildman–Crippen MR) is 124 cm³/mol. The van der Waals surface area contributed by atoms with Gasteiger partial charge in [-0.2, -0.15) is 0 Å². The number of nitro benzene ring substituents is 1. The average molecular weight is 461 g/mol. The van der Waals surface area contributed by atoms with Crippen LogP contribution in [-0.4, -0.2) is 22.1 Å². The van der Waals surface area contributed by atoms with Gasteiger partial charge in [0.2, 0.25) is 0 Å². The second kappa shape index (κ2) is 9.17. The van der Waals surface area contributed by atoms with E-state index >= 15 is 0 Å². The van der Waals surface area contributed by atoms with Crippen LogP contribution in [0.15, 0.2) is 88.3 Å². The number of aromatic nitrogens is 1. The zero-order valence-corrected chi connectivity index (χ0v) is 18.5. The van der Waals surface area contributed by atoms with Crippen LogP contribution in [0.25, 0.3) is 6.08 Å². The van der Waals surface area contributed by atoms with Crippen molar-refractivity contribution in [1.29, 1.82) is 0 Å². The standard InChI is InChI=1S/C24H19N3O5S/c1-3-13-32-23(29)20-15(2)25-24-26(21(20)17-7-5-4-6-8-17)22(28)19(33-24)14-16-9-11-18(12-10-16)27(30)31/h3-12,14,21H,1,13H2,2H3/t21-/m1/s1. The van der Waals surface area contributed by atoms with E-state index in [2.05, 4.69) is 11.6 Å². The Morgan fingerprint density at radius 2 is 1.94 bits per heavy atom. The molecule has 0 aliphatic carbocycles. The van der Waals surface area contributed by atoms with Gasteiger partial charge in [0, 0.05) is 12.1 Å². The molecule has 0 amide bonds. The highest BCUT2D eigenvalue weighted by molar-refractivity contribution is 7.07. The summed E-state index contributed by atoms with van der Waals surface area (Å²) < 4.78 is 7.19. The topological polar surface area (TPSA) is 104 Å². The number of rotatable bonds is 6. The van der Waals surface area contributed by atoms with Gasteiger partial charge in [-0.25, -0.2) is 9.79 Å². The lowest BCUT2D eigenvalue weighted by Crippen LogP contribution is -2.39. The number of ether oxygens (including phenoxy) is 1. The second-order valence-corrected chi connectivity index (χ2v) is 8.24. The van der Waals surface area contributed by atoms with Gasteiger partial charge < -0.3 is 4.74 Å². The number of nitrogens with zero attached hydrogens (tertiary/aromatic N) is 3. The zero-order chi connectivity index (χ0) is 23.5. The van der Waals surface area contributed by atoms with Crippen molar-refractivity contribution in [1.82, 2.24) is 4.57 Å². The summed E-state index contributed by atoms with van der Waals surface area (Å²) in [5, 5.41) is 10.9. The predicted octanol–water partition coefficient (Wildman–Crippen LogP) is 2.87. The summed E-state index contributed by atoms with van der Waals surface area (Å²) in [4.78, 5) is 41.7. The SMILES string of the molecule is C=CCOC(=O)C1=C(C)N=c2sc(=Cc3ccc([N+](=O)[O-])cc3)c(=O)n2[C@@H]1c1ccccc1. The minimum Gasteiger partial charge on any atom is -0.458 e. The Morgan fingerprint density at radius 1 is 1.24 bits per heavy atom. The van der Waals surface area contributed by atoms with Gasteiger partial charge in [0.15, 0.2) is 4.80 Å². The molecular weight excluding hydrogens is 442 g/mol. The van der Waals surface area contributed by atoms with Crippen LogP contribution in [-0.2, 0) is 9.53 Å². The molecule has 8 nitrogen and oxygen atoms in total. The normalized spacial score (nSPS) is 15.5. The Bertz CT molecular complexity index is 1450. The molecule has 1 aromatic heterocycles. The van der Waals surface area contributed by atoms with Crippen LogP contribution in [0.5, 0.6) is 0 Å². The number of benzene rings is 2. The van der Waals surface area contributed by atoms with E-state index in [1.54, 1.807) is 25.1 Å². The van der Waals surface area contributed by atoms with Crippen molar-refractivity contribution in [3.8, 4) is 0 Å². The summed E-state index contributed by atoms with van der Waals surface area (Å²) in [6, 6.07) is 14.4. The first-order valence-corrected chi connectivity index (χ1v) is 10.8. The van der Waals surface area contributed by atoms with Gasteiger partial charge in [-0.1, -0.05) is 54.3 Å². The molecule has 2 heterocycles. The molecule has 9 heteroatoms. The van der Waals surface area contributed by atoms with E-state index < -0.39 is 16.9 Å². The number of non-ortho nitro benzene ring substituents is 1. The molecule has 0 bridgehead atoms. The molecule has 0 N–H and O–H groups in total. The Kier molecular flexibility index (Phi) is 6.14. The second-order valence-electron chi connectivity index (χ2n) is 7.23. The Hall–Kier alpha value is -4.11. The van der Waals surface area contributed by atoms with Crippen LogP contribution in [0.3, 0.4) is 0 Å². The van der Waals surface area contributed by atoms with E-state index in [0.717, 1.165) is 5.56 Å². The molecule has 166 valence electrons. The van der Waals surface area contributed by atoms with Gasteiger partial charge >= 0.3 is 5.97 Å². The van der Waals surface area contributed by atoms with Crippen LogP contribution < -0.4 is 14.9 Å². The van der Waals surface area contributed by atoms with Crippen molar-refractivity contribution in [3.63, 3.8) is 0 Å². The minimum atomic E-state index is -0.696. The van der Waals surface area contributed by atoms with E-state index in [0.29, 0.717) is 20.6 Å². The van der Waals surface area contributed by atoms with Crippen molar-refractivity contribution in [2.45, 2.75) is 13.0 Å². The van der Waals surface area contributed by atoms with Gasteiger partial charge in [-0.15, -0.1) is 0 Å². The summed E-state index contributed by atoms with van der Waals surface area (Å²) in [6.45, 7) is 5.33. The number of hydrogen-bond acceptors (Lipinski definition) is 7. The summed E-state index contributed by atoms with van der Waals surface area (Å²) in [5.41, 5.74) is 1.81. The lowest BCUT2D eigenvalue weighted by Gasteiger charge is -2.24. The number of fused-ring (bicyclic) bond motifs is 1. The number of esters is 1. The smallest absolute Gasteiger partial charge is 0.338 e. The lowest BCUT2D eigenvalue weighted by atomic mass is 9.96. The van der Waals surface area contributed by atoms with E-state index in [1.807, 2.05) is 30.3 Å². The third kappa shape index (κ3) is 4.31. The number of allylic oxidation sites excluding steroid dienone is 1. The molecule has 1 aliphatic heterocycles. The van der Waals surface area contributed by atoms with Gasteiger partial charge in [-0.3, -0.25) is 19.5 Å². The average Bonchev–Trinajstić information content (AvgIpc) is 3.11. The molecule has 2 aromatic carbocycles. The monoisotopic (exact) mass is 461 g/mol. The molecule has 0 fully saturated rings. The van der Waals surface area contributed by atoms with Gasteiger partial charge in [0.05, 0.1) is 26.8 Å². The third-order valence-corrected chi connectivity index (χ3v) is 6.07. The first-order valence-electron chi connectivity index (χ1n) is 10.0. The zero-order valence-electron chi connectivity index (χ0n) is 17.6. The fourth-order valence-corrected chi connectivity index (χ4v) is 4.64. The van der Waals surface area contributed by atoms with Gasteiger partial charge in [0.25, 0.3) is 11.2 Å². The molecule has 1 atom stereocenters. The van der Waals surface area contributed by atoms with Crippen molar-refractivity contribution in [2.75, 3.05) is 6.61 Å². The summed E-state index contributed by atoms with van der Waals surface area (Å²) in [6.07, 6.45) is 3.13. The van der Waals surface area contributed by atoms with Crippen molar-refractivity contribution in [3.05, 3.63) is 119 Å². The van der Waals surface area contributed by atoms with Crippen LogP contribution in [0, 0.1) is 10.1 Å². The molecule has 0 unspecified atom stereocenters. The highest BCUT2D eigenvalue weighted by Crippen LogP contribution is 2.30. The van der Waals surface area contributed by atoms with E-state index in [-0.39, 0.29) is 23.4 Å². The maximum Gasteiger partial charge on any atom is 0.338 e. The van der Waals surface area contributed by atoms with Crippen LogP contribution in [0.4, 0.5) is 5.69 Å². The Morgan fingerprint density at radius 3 is 2.58 bits per heavy atom. The maximum absolute atomic E-state index is 13.4. The van der Waals surface area contributed by atoms with Crippen LogP contribution >= 0.6 is 11.3 Å². The maximum atomic E-state index is 13.4. The third-order valence-electron chi connectivity index (χ3n) is 5.09. The summed E-state index contributed by atoms with van der Waals surface area (Å²) in [5.74, 6) is -0.561. The Labute approximate surface area is 192 Å². The van der Waals surface area contributed by atoms with Gasteiger partial charge in [0.1, 0.15) is 6.61 Å². The molecule has 1 aliphatic rings. The van der Waals surface area contributed by atoms with Gasteiger partial charge in [-0.05, 0) is 36.3 Å². The molecule has 0 saturated carbocycles. The van der Waals surface area contributed by atoms with Crippen molar-refractivity contribution in [2.24, 2.45) is 4.99 Å². The highest BCUT2D eigenvalue weighted by atomic mass is 32.1. The number of thiazole rings is 1. The van der Waals surface area contributed by atoms with E-state index in [9.17, 15) is 19.7 Å². The number of carbonyl (C=O) groups excluding carboxylic acids is 1. The molecule has 33 heavy (non-hydrogen) atoms. The van der Waals surface area contributed by atoms with Crippen LogP contribution in [0.1, 0.15) is 24.1 Å². The number of nitro groups is 1. The Balaban J connectivity index is 1.88. The van der Waals surface area contributed by atoms with Crippen molar-refractivity contribution < 1.29 is 14.5 Å². The first kappa shape index (κ1) is 22.1. The molecule has 4 rings (SSSR count). The number of hydrogen-bond donors (Lipinski definition) is 0. The first-order chi connectivity index (χ1) is 15.9. The van der Waals surface area contributed by atoms with E-state index in [4.69, 9.17) is 4.74 Å². The fourth-order valence-electron chi connectivity index (χ4n) is 3.59. The summed E-state index contributed by atoms with van der Waals surface area (Å²) >= 11 is 1.19. The molecular formula is C24H19N3O5S.